The van der Waals surface area contributed by atoms with Crippen molar-refractivity contribution in [3.05, 3.63) is 65.9 Å². The number of aryl methyl sites for hydroxylation is 1. The predicted molar refractivity (Wildman–Crippen MR) is 89.6 cm³/mol. The smallest absolute Gasteiger partial charge is 0.0706 e. The van der Waals surface area contributed by atoms with Crippen molar-refractivity contribution in [2.45, 2.75) is 0 Å². The van der Waals surface area contributed by atoms with Crippen LogP contribution in [0.25, 0.3) is 10.9 Å². The quantitative estimate of drug-likeness (QED) is 0.728. The maximum Gasteiger partial charge on any atom is 0.0706 e. The van der Waals surface area contributed by atoms with Gasteiger partial charge in [0.05, 0.1) is 5.71 Å². The molecule has 0 spiro atoms. The molecule has 0 amide bonds. The lowest BCUT2D eigenvalue weighted by Crippen LogP contribution is -2.08. The highest BCUT2D eigenvalue weighted by Crippen LogP contribution is 2.27. The molecule has 3 rings (SSSR count). The van der Waals surface area contributed by atoms with E-state index in [0.717, 1.165) is 27.7 Å². The van der Waals surface area contributed by atoms with Gasteiger partial charge in [0.15, 0.2) is 0 Å². The SMILES string of the molecule is CN(C)c1ccc2c(c1)c(C(=N)c1ccccc1)cn2C. The molecule has 0 unspecified atom stereocenters. The molecule has 0 bridgehead atoms. The first-order valence-corrected chi connectivity index (χ1v) is 6.98. The lowest BCUT2D eigenvalue weighted by molar-refractivity contribution is 0.967. The van der Waals surface area contributed by atoms with E-state index >= 15 is 0 Å². The minimum Gasteiger partial charge on any atom is -0.378 e. The van der Waals surface area contributed by atoms with E-state index in [1.807, 2.05) is 57.7 Å². The largest absolute Gasteiger partial charge is 0.378 e. The van der Waals surface area contributed by atoms with Crippen molar-refractivity contribution in [2.24, 2.45) is 7.05 Å². The van der Waals surface area contributed by atoms with Gasteiger partial charge in [-0.05, 0) is 18.2 Å². The molecule has 106 valence electrons. The van der Waals surface area contributed by atoms with E-state index in [1.54, 1.807) is 0 Å². The molecule has 0 radical (unpaired) electrons. The van der Waals surface area contributed by atoms with Gasteiger partial charge in [0.25, 0.3) is 0 Å². The van der Waals surface area contributed by atoms with Gasteiger partial charge in [0.1, 0.15) is 0 Å². The standard InChI is InChI=1S/C18H19N3/c1-20(2)14-9-10-17-15(11-14)16(12-21(17)3)18(19)13-7-5-4-6-8-13/h4-12,19H,1-3H3. The van der Waals surface area contributed by atoms with Gasteiger partial charge in [-0.25, -0.2) is 0 Å². The Morgan fingerprint density at radius 3 is 2.43 bits per heavy atom. The highest BCUT2D eigenvalue weighted by Gasteiger charge is 2.13. The van der Waals surface area contributed by atoms with Gasteiger partial charge in [-0.1, -0.05) is 30.3 Å². The van der Waals surface area contributed by atoms with Gasteiger partial charge in [-0.15, -0.1) is 0 Å². The van der Waals surface area contributed by atoms with Crippen molar-refractivity contribution >= 4 is 22.3 Å². The van der Waals surface area contributed by atoms with E-state index in [2.05, 4.69) is 27.7 Å². The number of fused-ring (bicyclic) bond motifs is 1. The van der Waals surface area contributed by atoms with Crippen LogP contribution in [0.2, 0.25) is 0 Å². The zero-order valence-corrected chi connectivity index (χ0v) is 12.6. The Morgan fingerprint density at radius 1 is 1.05 bits per heavy atom. The molecule has 1 aromatic heterocycles. The van der Waals surface area contributed by atoms with Crippen LogP contribution in [0.5, 0.6) is 0 Å². The van der Waals surface area contributed by atoms with Crippen LogP contribution in [-0.2, 0) is 7.05 Å². The molecule has 3 heteroatoms. The molecule has 0 atom stereocenters. The third-order valence-electron chi connectivity index (χ3n) is 3.82. The summed E-state index contributed by atoms with van der Waals surface area (Å²) < 4.78 is 2.08. The number of hydrogen-bond donors (Lipinski definition) is 1. The Bertz CT molecular complexity index is 798. The molecule has 0 fully saturated rings. The zero-order valence-electron chi connectivity index (χ0n) is 12.6. The maximum atomic E-state index is 8.52. The normalized spacial score (nSPS) is 10.8. The Labute approximate surface area is 124 Å². The second-order valence-corrected chi connectivity index (χ2v) is 5.49. The number of aromatic nitrogens is 1. The fraction of sp³-hybridized carbons (Fsp3) is 0.167. The lowest BCUT2D eigenvalue weighted by atomic mass is 10.0. The van der Waals surface area contributed by atoms with Crippen LogP contribution in [0, 0.1) is 5.41 Å². The highest BCUT2D eigenvalue weighted by molar-refractivity contribution is 6.18. The average Bonchev–Trinajstić information content (AvgIpc) is 2.84. The highest BCUT2D eigenvalue weighted by atomic mass is 15.1. The number of hydrogen-bond acceptors (Lipinski definition) is 2. The van der Waals surface area contributed by atoms with E-state index in [1.165, 1.54) is 0 Å². The topological polar surface area (TPSA) is 32.0 Å². The first kappa shape index (κ1) is 13.4. The van der Waals surface area contributed by atoms with Gasteiger partial charge >= 0.3 is 0 Å². The zero-order chi connectivity index (χ0) is 15.0. The van der Waals surface area contributed by atoms with Crippen LogP contribution >= 0.6 is 0 Å². The van der Waals surface area contributed by atoms with E-state index in [-0.39, 0.29) is 0 Å². The Kier molecular flexibility index (Phi) is 3.26. The van der Waals surface area contributed by atoms with E-state index in [4.69, 9.17) is 5.41 Å². The molecule has 0 saturated heterocycles. The number of nitrogens with zero attached hydrogens (tertiary/aromatic N) is 2. The monoisotopic (exact) mass is 277 g/mol. The molecular weight excluding hydrogens is 258 g/mol. The summed E-state index contributed by atoms with van der Waals surface area (Å²) in [4.78, 5) is 2.09. The van der Waals surface area contributed by atoms with Gasteiger partial charge in [0.2, 0.25) is 0 Å². The molecule has 21 heavy (non-hydrogen) atoms. The second kappa shape index (κ2) is 5.09. The van der Waals surface area contributed by atoms with Crippen molar-refractivity contribution in [3.63, 3.8) is 0 Å². The fourth-order valence-electron chi connectivity index (χ4n) is 2.62. The van der Waals surface area contributed by atoms with Gasteiger partial charge in [-0.3, -0.25) is 5.41 Å². The molecular formula is C18H19N3. The minimum atomic E-state index is 0.567. The molecule has 0 saturated carbocycles. The van der Waals surface area contributed by atoms with Crippen molar-refractivity contribution < 1.29 is 0 Å². The molecule has 0 aliphatic carbocycles. The Hall–Kier alpha value is -2.55. The Balaban J connectivity index is 2.18. The molecule has 3 aromatic rings. The Morgan fingerprint density at radius 2 is 1.76 bits per heavy atom. The van der Waals surface area contributed by atoms with Crippen molar-refractivity contribution in [1.29, 1.82) is 5.41 Å². The molecule has 0 aliphatic rings. The van der Waals surface area contributed by atoms with Crippen LogP contribution in [0.4, 0.5) is 5.69 Å². The van der Waals surface area contributed by atoms with E-state index < -0.39 is 0 Å². The molecule has 1 heterocycles. The average molecular weight is 277 g/mol. The third kappa shape index (κ3) is 2.31. The van der Waals surface area contributed by atoms with E-state index in [9.17, 15) is 0 Å². The summed E-state index contributed by atoms with van der Waals surface area (Å²) in [5, 5.41) is 9.64. The van der Waals surface area contributed by atoms with Gasteiger partial charge in [0, 0.05) is 55.1 Å². The van der Waals surface area contributed by atoms with Gasteiger partial charge < -0.3 is 9.47 Å². The second-order valence-electron chi connectivity index (χ2n) is 5.49. The fourth-order valence-corrected chi connectivity index (χ4v) is 2.62. The number of anilines is 1. The summed E-state index contributed by atoms with van der Waals surface area (Å²) in [5.41, 5.74) is 4.78. The van der Waals surface area contributed by atoms with Crippen molar-refractivity contribution in [2.75, 3.05) is 19.0 Å². The summed E-state index contributed by atoms with van der Waals surface area (Å²) in [7, 11) is 6.10. The van der Waals surface area contributed by atoms with Crippen molar-refractivity contribution in [1.82, 2.24) is 4.57 Å². The minimum absolute atomic E-state index is 0.567. The van der Waals surface area contributed by atoms with Gasteiger partial charge in [-0.2, -0.15) is 0 Å². The number of rotatable bonds is 3. The first-order chi connectivity index (χ1) is 10.1. The molecule has 1 N–H and O–H groups in total. The van der Waals surface area contributed by atoms with Crippen LogP contribution in [0.3, 0.4) is 0 Å². The van der Waals surface area contributed by atoms with Crippen LogP contribution in [0.1, 0.15) is 11.1 Å². The molecule has 0 aliphatic heterocycles. The first-order valence-electron chi connectivity index (χ1n) is 6.98. The van der Waals surface area contributed by atoms with Crippen LogP contribution in [-0.4, -0.2) is 24.4 Å². The lowest BCUT2D eigenvalue weighted by Gasteiger charge is -2.12. The summed E-state index contributed by atoms with van der Waals surface area (Å²) in [6, 6.07) is 16.3. The van der Waals surface area contributed by atoms with Crippen LogP contribution in [0.15, 0.2) is 54.7 Å². The van der Waals surface area contributed by atoms with Crippen LogP contribution < -0.4 is 4.90 Å². The van der Waals surface area contributed by atoms with E-state index in [0.29, 0.717) is 5.71 Å². The summed E-state index contributed by atoms with van der Waals surface area (Å²) in [5.74, 6) is 0. The maximum absolute atomic E-state index is 8.52. The van der Waals surface area contributed by atoms with Crippen molar-refractivity contribution in [3.8, 4) is 0 Å². The number of nitrogens with one attached hydrogen (secondary N) is 1. The summed E-state index contributed by atoms with van der Waals surface area (Å²) in [6.07, 6.45) is 2.04. The molecule has 2 aromatic carbocycles. The molecule has 3 nitrogen and oxygen atoms in total. The predicted octanol–water partition coefficient (Wildman–Crippen LogP) is 3.66. The number of benzene rings is 2. The third-order valence-corrected chi connectivity index (χ3v) is 3.82. The summed E-state index contributed by atoms with van der Waals surface area (Å²) in [6.45, 7) is 0. The summed E-state index contributed by atoms with van der Waals surface area (Å²) >= 11 is 0.